The van der Waals surface area contributed by atoms with E-state index in [-0.39, 0.29) is 24.2 Å². The molecule has 16 heavy (non-hydrogen) atoms. The minimum atomic E-state index is -2.78. The normalized spacial score (nSPS) is 16.8. The van der Waals surface area contributed by atoms with Crippen molar-refractivity contribution < 1.29 is 13.5 Å². The molecule has 90 valence electrons. The maximum Gasteiger partial charge on any atom is 0.387 e. The number of ether oxygens (including phenoxy) is 1. The van der Waals surface area contributed by atoms with Crippen molar-refractivity contribution in [1.82, 2.24) is 0 Å². The molecule has 0 bridgehead atoms. The number of halogens is 3. The summed E-state index contributed by atoms with van der Waals surface area (Å²) in [7, 11) is 0. The Morgan fingerprint density at radius 3 is 2.56 bits per heavy atom. The Morgan fingerprint density at radius 2 is 2.00 bits per heavy atom. The van der Waals surface area contributed by atoms with Gasteiger partial charge in [0.25, 0.3) is 0 Å². The standard InChI is InChI=1S/C11H13F2NO.ClH/c12-11(13)15-9-3-1-2-8(6-9)10(14)7-4-5-7;/h1-3,6-7,10-11H,4-5,14H2;1H/t10-;/m0./s1. The lowest BCUT2D eigenvalue weighted by atomic mass is 10.0. The molecular weight excluding hydrogens is 236 g/mol. The first kappa shape index (κ1) is 13.2. The van der Waals surface area contributed by atoms with Gasteiger partial charge in [-0.1, -0.05) is 12.1 Å². The smallest absolute Gasteiger partial charge is 0.387 e. The Kier molecular flexibility index (Phi) is 4.50. The zero-order valence-corrected chi connectivity index (χ0v) is 9.42. The van der Waals surface area contributed by atoms with Gasteiger partial charge in [0, 0.05) is 6.04 Å². The van der Waals surface area contributed by atoms with Gasteiger partial charge in [0.15, 0.2) is 0 Å². The summed E-state index contributed by atoms with van der Waals surface area (Å²) in [6.07, 6.45) is 2.25. The molecule has 1 atom stereocenters. The van der Waals surface area contributed by atoms with Crippen molar-refractivity contribution in [3.63, 3.8) is 0 Å². The van der Waals surface area contributed by atoms with Crippen LogP contribution in [0, 0.1) is 5.92 Å². The maximum atomic E-state index is 12.0. The Hall–Kier alpha value is -0.870. The zero-order valence-electron chi connectivity index (χ0n) is 8.61. The Morgan fingerprint density at radius 1 is 1.31 bits per heavy atom. The Balaban J connectivity index is 0.00000128. The first-order valence-corrected chi connectivity index (χ1v) is 4.97. The molecule has 0 unspecified atom stereocenters. The number of hydrogen-bond acceptors (Lipinski definition) is 2. The lowest BCUT2D eigenvalue weighted by Gasteiger charge is -2.12. The Labute approximate surface area is 99.2 Å². The highest BCUT2D eigenvalue weighted by Gasteiger charge is 2.29. The fraction of sp³-hybridized carbons (Fsp3) is 0.455. The summed E-state index contributed by atoms with van der Waals surface area (Å²) in [5.74, 6) is 0.686. The fourth-order valence-electron chi connectivity index (χ4n) is 1.63. The molecule has 0 spiro atoms. The summed E-state index contributed by atoms with van der Waals surface area (Å²) in [6, 6.07) is 6.59. The summed E-state index contributed by atoms with van der Waals surface area (Å²) < 4.78 is 28.3. The molecule has 0 amide bonds. The molecule has 2 rings (SSSR count). The first-order chi connectivity index (χ1) is 7.16. The molecule has 0 saturated heterocycles. The van der Waals surface area contributed by atoms with Crippen LogP contribution < -0.4 is 10.5 Å². The third-order valence-corrected chi connectivity index (χ3v) is 2.60. The zero-order chi connectivity index (χ0) is 10.8. The average Bonchev–Trinajstić information content (AvgIpc) is 2.99. The van der Waals surface area contributed by atoms with Gasteiger partial charge in [-0.25, -0.2) is 0 Å². The SMILES string of the molecule is Cl.N[C@H](c1cccc(OC(F)F)c1)C1CC1. The summed E-state index contributed by atoms with van der Waals surface area (Å²) >= 11 is 0. The van der Waals surface area contributed by atoms with E-state index in [1.807, 2.05) is 6.07 Å². The fourth-order valence-corrected chi connectivity index (χ4v) is 1.63. The van der Waals surface area contributed by atoms with Gasteiger partial charge in [0.05, 0.1) is 0 Å². The van der Waals surface area contributed by atoms with Crippen LogP contribution in [0.3, 0.4) is 0 Å². The highest BCUT2D eigenvalue weighted by Crippen LogP contribution is 2.39. The van der Waals surface area contributed by atoms with E-state index in [0.717, 1.165) is 18.4 Å². The van der Waals surface area contributed by atoms with Crippen LogP contribution in [0.25, 0.3) is 0 Å². The molecule has 2 N–H and O–H groups in total. The topological polar surface area (TPSA) is 35.2 Å². The molecular formula is C11H14ClF2NO. The largest absolute Gasteiger partial charge is 0.435 e. The second-order valence-electron chi connectivity index (χ2n) is 3.81. The summed E-state index contributed by atoms with van der Waals surface area (Å²) in [4.78, 5) is 0. The van der Waals surface area contributed by atoms with Crippen LogP contribution in [0.15, 0.2) is 24.3 Å². The van der Waals surface area contributed by atoms with Crippen LogP contribution in [-0.4, -0.2) is 6.61 Å². The summed E-state index contributed by atoms with van der Waals surface area (Å²) in [5.41, 5.74) is 6.83. The van der Waals surface area contributed by atoms with Crippen molar-refractivity contribution in [1.29, 1.82) is 0 Å². The van der Waals surface area contributed by atoms with Gasteiger partial charge in [-0.3, -0.25) is 0 Å². The van der Waals surface area contributed by atoms with E-state index in [2.05, 4.69) is 4.74 Å². The van der Waals surface area contributed by atoms with Gasteiger partial charge < -0.3 is 10.5 Å². The molecule has 1 aliphatic carbocycles. The highest BCUT2D eigenvalue weighted by atomic mass is 35.5. The molecule has 2 nitrogen and oxygen atoms in total. The van der Waals surface area contributed by atoms with Crippen molar-refractivity contribution in [2.24, 2.45) is 11.7 Å². The predicted octanol–water partition coefficient (Wildman–Crippen LogP) is 3.12. The monoisotopic (exact) mass is 249 g/mol. The molecule has 0 heterocycles. The van der Waals surface area contributed by atoms with Crippen molar-refractivity contribution in [3.05, 3.63) is 29.8 Å². The second kappa shape index (κ2) is 5.46. The van der Waals surface area contributed by atoms with E-state index in [0.29, 0.717) is 5.92 Å². The molecule has 0 radical (unpaired) electrons. The first-order valence-electron chi connectivity index (χ1n) is 4.97. The van der Waals surface area contributed by atoms with Crippen molar-refractivity contribution in [3.8, 4) is 5.75 Å². The molecule has 1 aliphatic rings. The van der Waals surface area contributed by atoms with Crippen LogP contribution in [0.4, 0.5) is 8.78 Å². The van der Waals surface area contributed by atoms with E-state index in [1.54, 1.807) is 12.1 Å². The maximum absolute atomic E-state index is 12.0. The molecule has 1 saturated carbocycles. The van der Waals surface area contributed by atoms with Gasteiger partial charge in [-0.15, -0.1) is 12.4 Å². The number of rotatable bonds is 4. The highest BCUT2D eigenvalue weighted by molar-refractivity contribution is 5.85. The molecule has 1 fully saturated rings. The quantitative estimate of drug-likeness (QED) is 0.890. The molecule has 5 heteroatoms. The Bertz CT molecular complexity index is 345. The van der Waals surface area contributed by atoms with Gasteiger partial charge in [0.1, 0.15) is 5.75 Å². The lowest BCUT2D eigenvalue weighted by Crippen LogP contribution is -2.12. The third kappa shape index (κ3) is 3.32. The number of benzene rings is 1. The molecule has 0 aliphatic heterocycles. The van der Waals surface area contributed by atoms with E-state index in [9.17, 15) is 8.78 Å². The van der Waals surface area contributed by atoms with Crippen LogP contribution >= 0.6 is 12.4 Å². The molecule has 1 aromatic rings. The van der Waals surface area contributed by atoms with E-state index in [1.165, 1.54) is 6.07 Å². The van der Waals surface area contributed by atoms with Gasteiger partial charge in [0.2, 0.25) is 0 Å². The van der Waals surface area contributed by atoms with Crippen molar-refractivity contribution in [2.45, 2.75) is 25.5 Å². The van der Waals surface area contributed by atoms with Crippen LogP contribution in [0.5, 0.6) is 5.75 Å². The number of alkyl halides is 2. The predicted molar refractivity (Wildman–Crippen MR) is 60.0 cm³/mol. The second-order valence-corrected chi connectivity index (χ2v) is 3.81. The van der Waals surface area contributed by atoms with E-state index >= 15 is 0 Å². The van der Waals surface area contributed by atoms with E-state index < -0.39 is 6.61 Å². The van der Waals surface area contributed by atoms with Gasteiger partial charge in [-0.2, -0.15) is 8.78 Å². The lowest BCUT2D eigenvalue weighted by molar-refractivity contribution is -0.0499. The van der Waals surface area contributed by atoms with Crippen LogP contribution in [-0.2, 0) is 0 Å². The molecule has 1 aromatic carbocycles. The number of nitrogens with two attached hydrogens (primary N) is 1. The molecule has 0 aromatic heterocycles. The average molecular weight is 250 g/mol. The van der Waals surface area contributed by atoms with Crippen molar-refractivity contribution >= 4 is 12.4 Å². The van der Waals surface area contributed by atoms with Crippen LogP contribution in [0.1, 0.15) is 24.4 Å². The van der Waals surface area contributed by atoms with Crippen LogP contribution in [0.2, 0.25) is 0 Å². The summed E-state index contributed by atoms with van der Waals surface area (Å²) in [5, 5.41) is 0. The third-order valence-electron chi connectivity index (χ3n) is 2.60. The van der Waals surface area contributed by atoms with Gasteiger partial charge >= 0.3 is 6.61 Å². The van der Waals surface area contributed by atoms with Gasteiger partial charge in [-0.05, 0) is 36.5 Å². The van der Waals surface area contributed by atoms with Crippen molar-refractivity contribution in [2.75, 3.05) is 0 Å². The minimum Gasteiger partial charge on any atom is -0.435 e. The minimum absolute atomic E-state index is 0. The van der Waals surface area contributed by atoms with E-state index in [4.69, 9.17) is 5.73 Å². The number of hydrogen-bond donors (Lipinski definition) is 1. The summed E-state index contributed by atoms with van der Waals surface area (Å²) in [6.45, 7) is -2.78.